The maximum atomic E-state index is 11.9. The number of hydrogen-bond donors (Lipinski definition) is 7. The normalized spacial score (nSPS) is 15.2. The second-order valence-corrected chi connectivity index (χ2v) is 5.68. The first-order chi connectivity index (χ1) is 11.5. The molecule has 0 heterocycles. The highest BCUT2D eigenvalue weighted by Crippen LogP contribution is 1.95. The molecule has 0 rings (SSSR count). The Morgan fingerprint density at radius 1 is 0.960 bits per heavy atom. The van der Waals surface area contributed by atoms with Crippen molar-refractivity contribution < 1.29 is 29.1 Å². The van der Waals surface area contributed by atoms with E-state index < -0.39 is 60.2 Å². The van der Waals surface area contributed by atoms with Crippen LogP contribution in [-0.4, -0.2) is 64.6 Å². The SMILES string of the molecule is CC(NC(=O)C(N)CS)C(=O)NC(C)C(=O)NC(CC(N)=O)C(=O)O. The third-order valence-electron chi connectivity index (χ3n) is 3.06. The molecule has 11 nitrogen and oxygen atoms in total. The highest BCUT2D eigenvalue weighted by molar-refractivity contribution is 7.80. The second kappa shape index (κ2) is 10.5. The van der Waals surface area contributed by atoms with Crippen LogP contribution in [0.3, 0.4) is 0 Å². The van der Waals surface area contributed by atoms with Gasteiger partial charge in [-0.05, 0) is 13.8 Å². The van der Waals surface area contributed by atoms with E-state index in [9.17, 15) is 24.0 Å². The van der Waals surface area contributed by atoms with E-state index in [4.69, 9.17) is 16.6 Å². The fourth-order valence-electron chi connectivity index (χ4n) is 1.57. The van der Waals surface area contributed by atoms with E-state index in [1.165, 1.54) is 13.8 Å². The van der Waals surface area contributed by atoms with Crippen molar-refractivity contribution in [2.75, 3.05) is 5.75 Å². The average molecular weight is 377 g/mol. The van der Waals surface area contributed by atoms with Crippen molar-refractivity contribution in [3.05, 3.63) is 0 Å². The van der Waals surface area contributed by atoms with E-state index in [0.29, 0.717) is 0 Å². The maximum Gasteiger partial charge on any atom is 0.326 e. The van der Waals surface area contributed by atoms with Gasteiger partial charge in [-0.25, -0.2) is 4.79 Å². The van der Waals surface area contributed by atoms with E-state index in [0.717, 1.165) is 0 Å². The molecule has 0 aromatic rings. The highest BCUT2D eigenvalue weighted by atomic mass is 32.1. The number of carbonyl (C=O) groups is 5. The Balaban J connectivity index is 4.64. The molecule has 4 unspecified atom stereocenters. The summed E-state index contributed by atoms with van der Waals surface area (Å²) in [4.78, 5) is 57.2. The van der Waals surface area contributed by atoms with Crippen LogP contribution in [0.25, 0.3) is 0 Å². The first-order valence-electron chi connectivity index (χ1n) is 7.28. The number of thiol groups is 1. The van der Waals surface area contributed by atoms with Crippen molar-refractivity contribution in [1.82, 2.24) is 16.0 Å². The molecule has 0 bridgehead atoms. The third kappa shape index (κ3) is 8.35. The molecule has 25 heavy (non-hydrogen) atoms. The standard InChI is InChI=1S/C13H23N5O6S/c1-5(17-12(22)7(14)4-25)10(20)16-6(2)11(21)18-8(13(23)24)3-9(15)19/h5-8,25H,3-4,14H2,1-2H3,(H2,15,19)(H,16,20)(H,17,22)(H,18,21)(H,23,24). The smallest absolute Gasteiger partial charge is 0.326 e. The van der Waals surface area contributed by atoms with Crippen LogP contribution in [0.15, 0.2) is 0 Å². The average Bonchev–Trinajstić information content (AvgIpc) is 2.52. The lowest BCUT2D eigenvalue weighted by Gasteiger charge is -2.21. The molecule has 8 N–H and O–H groups in total. The molecular weight excluding hydrogens is 354 g/mol. The van der Waals surface area contributed by atoms with Gasteiger partial charge in [0, 0.05) is 5.75 Å². The van der Waals surface area contributed by atoms with Crippen molar-refractivity contribution in [3.8, 4) is 0 Å². The minimum atomic E-state index is -1.50. The molecule has 0 aliphatic heterocycles. The highest BCUT2D eigenvalue weighted by Gasteiger charge is 2.27. The number of carboxylic acids is 1. The number of amides is 4. The Labute approximate surface area is 149 Å². The van der Waals surface area contributed by atoms with Gasteiger partial charge in [0.05, 0.1) is 12.5 Å². The Hall–Kier alpha value is -2.34. The van der Waals surface area contributed by atoms with Gasteiger partial charge in [0.25, 0.3) is 0 Å². The van der Waals surface area contributed by atoms with E-state index in [-0.39, 0.29) is 5.75 Å². The molecule has 4 amide bonds. The number of carbonyl (C=O) groups excluding carboxylic acids is 4. The topological polar surface area (TPSA) is 194 Å². The molecule has 0 aliphatic carbocycles. The summed E-state index contributed by atoms with van der Waals surface area (Å²) < 4.78 is 0. The molecule has 0 radical (unpaired) electrons. The predicted octanol–water partition coefficient (Wildman–Crippen LogP) is -3.30. The van der Waals surface area contributed by atoms with Crippen LogP contribution < -0.4 is 27.4 Å². The first-order valence-corrected chi connectivity index (χ1v) is 7.91. The summed E-state index contributed by atoms with van der Waals surface area (Å²) in [6, 6.07) is -4.48. The first kappa shape index (κ1) is 22.7. The zero-order valence-electron chi connectivity index (χ0n) is 13.8. The summed E-state index contributed by atoms with van der Waals surface area (Å²) in [6.45, 7) is 2.70. The van der Waals surface area contributed by atoms with Crippen molar-refractivity contribution in [2.45, 2.75) is 44.4 Å². The number of rotatable bonds is 10. The number of nitrogens with one attached hydrogen (secondary N) is 3. The van der Waals surface area contributed by atoms with E-state index in [2.05, 4.69) is 28.6 Å². The summed E-state index contributed by atoms with van der Waals surface area (Å²) >= 11 is 3.86. The summed E-state index contributed by atoms with van der Waals surface area (Å²) in [5.74, 6) is -4.33. The van der Waals surface area contributed by atoms with Gasteiger partial charge in [-0.2, -0.15) is 12.6 Å². The number of nitrogens with two attached hydrogens (primary N) is 2. The number of carboxylic acid groups (broad SMARTS) is 1. The fourth-order valence-corrected chi connectivity index (χ4v) is 1.74. The minimum Gasteiger partial charge on any atom is -0.480 e. The molecule has 0 fully saturated rings. The molecule has 0 saturated heterocycles. The van der Waals surface area contributed by atoms with Gasteiger partial charge in [0.1, 0.15) is 18.1 Å². The second-order valence-electron chi connectivity index (χ2n) is 5.32. The monoisotopic (exact) mass is 377 g/mol. The van der Waals surface area contributed by atoms with Crippen molar-refractivity contribution in [1.29, 1.82) is 0 Å². The molecule has 4 atom stereocenters. The van der Waals surface area contributed by atoms with Crippen LogP contribution in [0.1, 0.15) is 20.3 Å². The molecular formula is C13H23N5O6S. The zero-order chi connectivity index (χ0) is 19.7. The molecule has 12 heteroatoms. The van der Waals surface area contributed by atoms with E-state index in [1.807, 2.05) is 0 Å². The van der Waals surface area contributed by atoms with E-state index in [1.54, 1.807) is 0 Å². The maximum absolute atomic E-state index is 11.9. The molecule has 0 aliphatic rings. The minimum absolute atomic E-state index is 0.0927. The largest absolute Gasteiger partial charge is 0.480 e. The molecule has 0 saturated carbocycles. The number of hydrogen-bond acceptors (Lipinski definition) is 7. The molecule has 0 aromatic carbocycles. The van der Waals surface area contributed by atoms with Gasteiger partial charge >= 0.3 is 5.97 Å². The summed E-state index contributed by atoms with van der Waals surface area (Å²) in [7, 11) is 0. The van der Waals surface area contributed by atoms with Crippen LogP contribution in [0, 0.1) is 0 Å². The summed E-state index contributed by atoms with van der Waals surface area (Å²) in [5.41, 5.74) is 10.4. The Morgan fingerprint density at radius 2 is 1.40 bits per heavy atom. The van der Waals surface area contributed by atoms with Gasteiger partial charge in [-0.3, -0.25) is 19.2 Å². The zero-order valence-corrected chi connectivity index (χ0v) is 14.7. The van der Waals surface area contributed by atoms with Crippen LogP contribution in [-0.2, 0) is 24.0 Å². The van der Waals surface area contributed by atoms with Gasteiger partial charge in [-0.1, -0.05) is 0 Å². The van der Waals surface area contributed by atoms with Gasteiger partial charge in [0.15, 0.2) is 0 Å². The molecule has 0 spiro atoms. The van der Waals surface area contributed by atoms with E-state index >= 15 is 0 Å². The number of primary amides is 1. The third-order valence-corrected chi connectivity index (χ3v) is 3.45. The quantitative estimate of drug-likeness (QED) is 0.194. The van der Waals surface area contributed by atoms with Gasteiger partial charge in [0.2, 0.25) is 23.6 Å². The lowest BCUT2D eigenvalue weighted by molar-refractivity contribution is -0.143. The van der Waals surface area contributed by atoms with Gasteiger partial charge in [-0.15, -0.1) is 0 Å². The lowest BCUT2D eigenvalue weighted by atomic mass is 10.1. The van der Waals surface area contributed by atoms with Crippen LogP contribution in [0.2, 0.25) is 0 Å². The lowest BCUT2D eigenvalue weighted by Crippen LogP contribution is -2.55. The molecule has 0 aromatic heterocycles. The van der Waals surface area contributed by atoms with Crippen molar-refractivity contribution in [2.24, 2.45) is 11.5 Å². The van der Waals surface area contributed by atoms with Crippen LogP contribution >= 0.6 is 12.6 Å². The summed E-state index contributed by atoms with van der Waals surface area (Å²) in [6.07, 6.45) is -0.587. The van der Waals surface area contributed by atoms with Crippen LogP contribution in [0.5, 0.6) is 0 Å². The Bertz CT molecular complexity index is 543. The predicted molar refractivity (Wildman–Crippen MR) is 90.4 cm³/mol. The fraction of sp³-hybridized carbons (Fsp3) is 0.615. The van der Waals surface area contributed by atoms with Crippen molar-refractivity contribution in [3.63, 3.8) is 0 Å². The van der Waals surface area contributed by atoms with Gasteiger partial charge < -0.3 is 32.5 Å². The Kier molecular flexibility index (Phi) is 9.53. The number of aliphatic carboxylic acids is 1. The van der Waals surface area contributed by atoms with Crippen LogP contribution in [0.4, 0.5) is 0 Å². The van der Waals surface area contributed by atoms with Crippen molar-refractivity contribution >= 4 is 42.2 Å². The summed E-state index contributed by atoms with van der Waals surface area (Å²) in [5, 5.41) is 15.7. The Morgan fingerprint density at radius 3 is 1.80 bits per heavy atom. The molecule has 142 valence electrons.